The van der Waals surface area contributed by atoms with Gasteiger partial charge in [-0.05, 0) is 48.7 Å². The van der Waals surface area contributed by atoms with E-state index >= 15 is 0 Å². The highest BCUT2D eigenvalue weighted by molar-refractivity contribution is 5.94. The summed E-state index contributed by atoms with van der Waals surface area (Å²) in [7, 11) is 0. The highest BCUT2D eigenvalue weighted by Crippen LogP contribution is 2.20. The Morgan fingerprint density at radius 3 is 2.72 bits per heavy atom. The van der Waals surface area contributed by atoms with Crippen LogP contribution < -0.4 is 10.9 Å². The second-order valence-electron chi connectivity index (χ2n) is 6.22. The molecule has 3 rings (SSSR count). The Morgan fingerprint density at radius 2 is 1.96 bits per heavy atom. The predicted octanol–water partition coefficient (Wildman–Crippen LogP) is 3.98. The predicted molar refractivity (Wildman–Crippen MR) is 98.8 cm³/mol. The van der Waals surface area contributed by atoms with Gasteiger partial charge in [-0.1, -0.05) is 37.1 Å². The highest BCUT2D eigenvalue weighted by atomic mass is 16.4. The van der Waals surface area contributed by atoms with Crippen LogP contribution in [0.2, 0.25) is 0 Å². The minimum absolute atomic E-state index is 0.158. The quantitative estimate of drug-likeness (QED) is 0.717. The molecule has 0 fully saturated rings. The molecule has 0 bridgehead atoms. The van der Waals surface area contributed by atoms with Gasteiger partial charge >= 0.3 is 5.63 Å². The van der Waals surface area contributed by atoms with Crippen LogP contribution in [0.4, 0.5) is 0 Å². The van der Waals surface area contributed by atoms with Gasteiger partial charge in [-0.15, -0.1) is 0 Å². The molecule has 0 atom stereocenters. The number of fused-ring (bicyclic) bond motifs is 1. The number of aryl methyl sites for hydroxylation is 2. The smallest absolute Gasteiger partial charge is 0.336 e. The average Bonchev–Trinajstić information content (AvgIpc) is 2.60. The van der Waals surface area contributed by atoms with Crippen molar-refractivity contribution in [3.63, 3.8) is 0 Å². The maximum atomic E-state index is 12.3. The Hall–Kier alpha value is -2.88. The summed E-state index contributed by atoms with van der Waals surface area (Å²) in [5.41, 5.74) is 3.74. The van der Waals surface area contributed by atoms with Crippen molar-refractivity contribution in [1.82, 2.24) is 5.32 Å². The summed E-state index contributed by atoms with van der Waals surface area (Å²) < 4.78 is 5.27. The summed E-state index contributed by atoms with van der Waals surface area (Å²) in [4.78, 5) is 24.1. The molecule has 1 aromatic heterocycles. The summed E-state index contributed by atoms with van der Waals surface area (Å²) in [5, 5.41) is 3.76. The first-order valence-corrected chi connectivity index (χ1v) is 8.47. The van der Waals surface area contributed by atoms with Crippen molar-refractivity contribution in [2.75, 3.05) is 0 Å². The summed E-state index contributed by atoms with van der Waals surface area (Å²) in [6, 6.07) is 14.7. The standard InChI is InChI=1S/C21H21NO3/c1-3-5-15-8-9-19-18(11-15)17(12-20(23)25-19)13-22-21(24)16-7-4-6-14(2)10-16/h4,6-12H,3,5,13H2,1-2H3,(H,22,24). The van der Waals surface area contributed by atoms with E-state index in [4.69, 9.17) is 4.42 Å². The Labute approximate surface area is 146 Å². The van der Waals surface area contributed by atoms with Gasteiger partial charge < -0.3 is 9.73 Å². The van der Waals surface area contributed by atoms with Gasteiger partial charge in [0.1, 0.15) is 5.58 Å². The second kappa shape index (κ2) is 7.34. The van der Waals surface area contributed by atoms with Crippen LogP contribution in [0, 0.1) is 6.92 Å². The number of hydrogen-bond donors (Lipinski definition) is 1. The van der Waals surface area contributed by atoms with Crippen molar-refractivity contribution < 1.29 is 9.21 Å². The second-order valence-corrected chi connectivity index (χ2v) is 6.22. The van der Waals surface area contributed by atoms with Crippen LogP contribution >= 0.6 is 0 Å². The maximum absolute atomic E-state index is 12.3. The first-order valence-electron chi connectivity index (χ1n) is 8.47. The zero-order valence-corrected chi connectivity index (χ0v) is 14.5. The van der Waals surface area contributed by atoms with E-state index in [0.717, 1.165) is 29.4 Å². The lowest BCUT2D eigenvalue weighted by Crippen LogP contribution is -2.23. The molecular weight excluding hydrogens is 314 g/mol. The van der Waals surface area contributed by atoms with E-state index in [0.29, 0.717) is 11.1 Å². The number of carbonyl (C=O) groups is 1. The molecule has 0 aliphatic rings. The van der Waals surface area contributed by atoms with Crippen LogP contribution in [0.1, 0.15) is 40.4 Å². The van der Waals surface area contributed by atoms with Crippen LogP contribution in [0.3, 0.4) is 0 Å². The molecule has 0 aliphatic carbocycles. The van der Waals surface area contributed by atoms with Gasteiger partial charge in [-0.3, -0.25) is 4.79 Å². The van der Waals surface area contributed by atoms with E-state index in [1.165, 1.54) is 11.6 Å². The number of amides is 1. The molecule has 0 saturated heterocycles. The average molecular weight is 335 g/mol. The molecule has 0 radical (unpaired) electrons. The molecule has 0 saturated carbocycles. The largest absolute Gasteiger partial charge is 0.423 e. The molecule has 1 amide bonds. The number of hydrogen-bond acceptors (Lipinski definition) is 3. The van der Waals surface area contributed by atoms with Gasteiger partial charge in [0.25, 0.3) is 5.91 Å². The van der Waals surface area contributed by atoms with E-state index < -0.39 is 5.63 Å². The van der Waals surface area contributed by atoms with Crippen LogP contribution in [-0.2, 0) is 13.0 Å². The Bertz CT molecular complexity index is 972. The lowest BCUT2D eigenvalue weighted by molar-refractivity contribution is 0.0951. The van der Waals surface area contributed by atoms with Gasteiger partial charge in [-0.2, -0.15) is 0 Å². The molecule has 1 N–H and O–H groups in total. The third-order valence-corrected chi connectivity index (χ3v) is 4.15. The van der Waals surface area contributed by atoms with E-state index in [-0.39, 0.29) is 12.5 Å². The molecule has 0 spiro atoms. The van der Waals surface area contributed by atoms with Crippen molar-refractivity contribution >= 4 is 16.9 Å². The molecule has 0 unspecified atom stereocenters. The zero-order valence-electron chi connectivity index (χ0n) is 14.5. The summed E-state index contributed by atoms with van der Waals surface area (Å²) in [6.07, 6.45) is 2.01. The van der Waals surface area contributed by atoms with Gasteiger partial charge in [0.15, 0.2) is 0 Å². The van der Waals surface area contributed by atoms with Crippen molar-refractivity contribution in [2.24, 2.45) is 0 Å². The summed E-state index contributed by atoms with van der Waals surface area (Å²) in [5.74, 6) is -0.158. The van der Waals surface area contributed by atoms with Gasteiger partial charge in [-0.25, -0.2) is 4.79 Å². The number of carbonyl (C=O) groups excluding carboxylic acids is 1. The number of benzene rings is 2. The zero-order chi connectivity index (χ0) is 17.8. The lowest BCUT2D eigenvalue weighted by atomic mass is 10.0. The Balaban J connectivity index is 1.88. The van der Waals surface area contributed by atoms with Crippen molar-refractivity contribution in [3.8, 4) is 0 Å². The fourth-order valence-electron chi connectivity index (χ4n) is 2.93. The minimum Gasteiger partial charge on any atom is -0.423 e. The van der Waals surface area contributed by atoms with Gasteiger partial charge in [0, 0.05) is 23.6 Å². The van der Waals surface area contributed by atoms with Crippen LogP contribution in [-0.4, -0.2) is 5.91 Å². The molecule has 128 valence electrons. The fourth-order valence-corrected chi connectivity index (χ4v) is 2.93. The van der Waals surface area contributed by atoms with Crippen LogP contribution in [0.15, 0.2) is 57.7 Å². The van der Waals surface area contributed by atoms with Crippen LogP contribution in [0.25, 0.3) is 11.0 Å². The SMILES string of the molecule is CCCc1ccc2oc(=O)cc(CNC(=O)c3cccc(C)c3)c2c1. The van der Waals surface area contributed by atoms with E-state index in [2.05, 4.69) is 12.2 Å². The lowest BCUT2D eigenvalue weighted by Gasteiger charge is -2.09. The van der Waals surface area contributed by atoms with Gasteiger partial charge in [0.2, 0.25) is 0 Å². The first-order chi connectivity index (χ1) is 12.1. The maximum Gasteiger partial charge on any atom is 0.336 e. The number of rotatable bonds is 5. The van der Waals surface area contributed by atoms with E-state index in [1.807, 2.05) is 43.3 Å². The molecule has 2 aromatic carbocycles. The van der Waals surface area contributed by atoms with Crippen molar-refractivity contribution in [3.05, 3.63) is 81.2 Å². The third-order valence-electron chi connectivity index (χ3n) is 4.15. The third kappa shape index (κ3) is 3.97. The molecule has 4 heteroatoms. The summed E-state index contributed by atoms with van der Waals surface area (Å²) >= 11 is 0. The summed E-state index contributed by atoms with van der Waals surface area (Å²) in [6.45, 7) is 4.35. The van der Waals surface area contributed by atoms with E-state index in [9.17, 15) is 9.59 Å². The Kier molecular flexibility index (Phi) is 4.98. The molecule has 4 nitrogen and oxygen atoms in total. The normalized spacial score (nSPS) is 10.8. The highest BCUT2D eigenvalue weighted by Gasteiger charge is 2.10. The van der Waals surface area contributed by atoms with Gasteiger partial charge in [0.05, 0.1) is 0 Å². The first kappa shape index (κ1) is 17.0. The van der Waals surface area contributed by atoms with Crippen LogP contribution in [0.5, 0.6) is 0 Å². The fraction of sp³-hybridized carbons (Fsp3) is 0.238. The molecule has 1 heterocycles. The minimum atomic E-state index is -0.407. The molecule has 25 heavy (non-hydrogen) atoms. The molecular formula is C21H21NO3. The Morgan fingerprint density at radius 1 is 1.12 bits per heavy atom. The monoisotopic (exact) mass is 335 g/mol. The van der Waals surface area contributed by atoms with Crippen molar-refractivity contribution in [1.29, 1.82) is 0 Å². The molecule has 3 aromatic rings. The van der Waals surface area contributed by atoms with E-state index in [1.54, 1.807) is 6.07 Å². The van der Waals surface area contributed by atoms with Crippen molar-refractivity contribution in [2.45, 2.75) is 33.2 Å². The molecule has 0 aliphatic heterocycles. The number of nitrogens with one attached hydrogen (secondary N) is 1. The topological polar surface area (TPSA) is 59.3 Å².